The van der Waals surface area contributed by atoms with Gasteiger partial charge in [0.15, 0.2) is 0 Å². The number of amides is 1. The number of halogens is 2. The molecule has 98 valence electrons. The number of aryl methyl sites for hydroxylation is 1. The van der Waals surface area contributed by atoms with Crippen molar-refractivity contribution in [2.24, 2.45) is 5.73 Å². The van der Waals surface area contributed by atoms with E-state index in [9.17, 15) is 13.6 Å². The number of likely N-dealkylation sites (tertiary alicyclic amines) is 1. The summed E-state index contributed by atoms with van der Waals surface area (Å²) in [6.07, 6.45) is 1.68. The van der Waals surface area contributed by atoms with Crippen LogP contribution in [0.1, 0.15) is 28.8 Å². The van der Waals surface area contributed by atoms with E-state index in [4.69, 9.17) is 5.73 Å². The molecule has 0 saturated carbocycles. The predicted molar refractivity (Wildman–Crippen MR) is 64.2 cm³/mol. The van der Waals surface area contributed by atoms with Gasteiger partial charge in [0.2, 0.25) is 0 Å². The summed E-state index contributed by atoms with van der Waals surface area (Å²) in [5.41, 5.74) is 5.97. The number of nitrogens with two attached hydrogens (primary N) is 1. The van der Waals surface area contributed by atoms with Crippen molar-refractivity contribution in [3.8, 4) is 0 Å². The lowest BCUT2D eigenvalue weighted by atomic mass is 10.0. The zero-order valence-corrected chi connectivity index (χ0v) is 10.2. The molecule has 1 heterocycles. The Labute approximate surface area is 105 Å². The van der Waals surface area contributed by atoms with E-state index in [1.165, 1.54) is 17.9 Å². The molecular formula is C13H16F2N2O. The average molecular weight is 254 g/mol. The van der Waals surface area contributed by atoms with Crippen molar-refractivity contribution < 1.29 is 13.6 Å². The van der Waals surface area contributed by atoms with Crippen LogP contribution < -0.4 is 5.73 Å². The Morgan fingerprint density at radius 1 is 1.39 bits per heavy atom. The van der Waals surface area contributed by atoms with Crippen molar-refractivity contribution in [3.63, 3.8) is 0 Å². The van der Waals surface area contributed by atoms with Crippen LogP contribution in [0.5, 0.6) is 0 Å². The minimum Gasteiger partial charge on any atom is -0.337 e. The fourth-order valence-corrected chi connectivity index (χ4v) is 2.19. The molecule has 0 bridgehead atoms. The Bertz CT molecular complexity index is 476. The van der Waals surface area contributed by atoms with Crippen LogP contribution in [-0.4, -0.2) is 29.9 Å². The minimum absolute atomic E-state index is 0.0627. The molecule has 1 amide bonds. The summed E-state index contributed by atoms with van der Waals surface area (Å²) in [7, 11) is 0. The van der Waals surface area contributed by atoms with Gasteiger partial charge >= 0.3 is 0 Å². The van der Waals surface area contributed by atoms with E-state index >= 15 is 0 Å². The fourth-order valence-electron chi connectivity index (χ4n) is 2.19. The van der Waals surface area contributed by atoms with E-state index in [2.05, 4.69) is 0 Å². The van der Waals surface area contributed by atoms with E-state index in [0.29, 0.717) is 13.1 Å². The van der Waals surface area contributed by atoms with Gasteiger partial charge in [0.1, 0.15) is 11.6 Å². The molecule has 1 aromatic carbocycles. The van der Waals surface area contributed by atoms with Crippen LogP contribution in [-0.2, 0) is 0 Å². The van der Waals surface area contributed by atoms with Gasteiger partial charge in [-0.3, -0.25) is 4.79 Å². The highest BCUT2D eigenvalue weighted by molar-refractivity contribution is 5.94. The summed E-state index contributed by atoms with van der Waals surface area (Å²) in [6, 6.07) is 1.95. The van der Waals surface area contributed by atoms with Crippen molar-refractivity contribution in [1.82, 2.24) is 4.90 Å². The number of hydrogen-bond donors (Lipinski definition) is 1. The topological polar surface area (TPSA) is 46.3 Å². The number of hydrogen-bond acceptors (Lipinski definition) is 2. The van der Waals surface area contributed by atoms with Gasteiger partial charge in [0.05, 0.1) is 5.56 Å². The Morgan fingerprint density at radius 2 is 2.11 bits per heavy atom. The first-order valence-electron chi connectivity index (χ1n) is 5.99. The number of rotatable bonds is 1. The second-order valence-corrected chi connectivity index (χ2v) is 4.73. The van der Waals surface area contributed by atoms with Gasteiger partial charge in [0.25, 0.3) is 5.91 Å². The number of piperidine rings is 1. The maximum Gasteiger partial charge on any atom is 0.256 e. The molecule has 2 rings (SSSR count). The van der Waals surface area contributed by atoms with Gasteiger partial charge < -0.3 is 10.6 Å². The van der Waals surface area contributed by atoms with E-state index in [1.54, 1.807) is 0 Å². The summed E-state index contributed by atoms with van der Waals surface area (Å²) in [5, 5.41) is 0. The smallest absolute Gasteiger partial charge is 0.256 e. The van der Waals surface area contributed by atoms with Crippen LogP contribution in [0.2, 0.25) is 0 Å². The molecule has 1 aliphatic heterocycles. The molecule has 0 aromatic heterocycles. The van der Waals surface area contributed by atoms with E-state index < -0.39 is 17.5 Å². The molecule has 0 spiro atoms. The van der Waals surface area contributed by atoms with Crippen LogP contribution in [0.25, 0.3) is 0 Å². The monoisotopic (exact) mass is 254 g/mol. The lowest BCUT2D eigenvalue weighted by Gasteiger charge is -2.31. The normalized spacial score (nSPS) is 20.0. The van der Waals surface area contributed by atoms with Gasteiger partial charge in [-0.2, -0.15) is 0 Å². The highest BCUT2D eigenvalue weighted by Crippen LogP contribution is 2.18. The van der Waals surface area contributed by atoms with Crippen molar-refractivity contribution in [2.45, 2.75) is 25.8 Å². The van der Waals surface area contributed by atoms with Crippen molar-refractivity contribution in [3.05, 3.63) is 34.9 Å². The minimum atomic E-state index is -0.817. The Morgan fingerprint density at radius 3 is 2.78 bits per heavy atom. The van der Waals surface area contributed by atoms with Gasteiger partial charge in [-0.15, -0.1) is 0 Å². The maximum atomic E-state index is 13.6. The molecule has 1 aliphatic rings. The van der Waals surface area contributed by atoms with Crippen LogP contribution in [0.3, 0.4) is 0 Å². The fraction of sp³-hybridized carbons (Fsp3) is 0.462. The molecule has 1 fully saturated rings. The van der Waals surface area contributed by atoms with Crippen LogP contribution in [0.15, 0.2) is 12.1 Å². The molecule has 0 radical (unpaired) electrons. The molecule has 0 aliphatic carbocycles. The third kappa shape index (κ3) is 2.51. The summed E-state index contributed by atoms with van der Waals surface area (Å²) < 4.78 is 26.8. The Hall–Kier alpha value is -1.49. The Kier molecular flexibility index (Phi) is 3.61. The standard InChI is InChI=1S/C13H16F2N2O/c1-8-5-10(12(15)6-11(8)14)13(18)17-4-2-3-9(16)7-17/h5-6,9H,2-4,7,16H2,1H3. The van der Waals surface area contributed by atoms with E-state index in [0.717, 1.165) is 18.9 Å². The molecule has 3 nitrogen and oxygen atoms in total. The molecular weight excluding hydrogens is 238 g/mol. The van der Waals surface area contributed by atoms with Crippen molar-refractivity contribution in [1.29, 1.82) is 0 Å². The van der Waals surface area contributed by atoms with Crippen LogP contribution in [0.4, 0.5) is 8.78 Å². The molecule has 1 saturated heterocycles. The quantitative estimate of drug-likeness (QED) is 0.831. The summed E-state index contributed by atoms with van der Waals surface area (Å²) in [5.74, 6) is -1.87. The number of benzene rings is 1. The lowest BCUT2D eigenvalue weighted by Crippen LogP contribution is -2.45. The largest absolute Gasteiger partial charge is 0.337 e. The third-order valence-corrected chi connectivity index (χ3v) is 3.22. The molecule has 1 aromatic rings. The van der Waals surface area contributed by atoms with E-state index in [-0.39, 0.29) is 17.2 Å². The van der Waals surface area contributed by atoms with Crippen LogP contribution >= 0.6 is 0 Å². The maximum absolute atomic E-state index is 13.6. The zero-order chi connectivity index (χ0) is 13.3. The summed E-state index contributed by atoms with van der Waals surface area (Å²) >= 11 is 0. The predicted octanol–water partition coefficient (Wildman–Crippen LogP) is 1.84. The van der Waals surface area contributed by atoms with E-state index in [1.807, 2.05) is 0 Å². The van der Waals surface area contributed by atoms with Crippen LogP contribution in [0, 0.1) is 18.6 Å². The third-order valence-electron chi connectivity index (χ3n) is 3.22. The first-order valence-corrected chi connectivity index (χ1v) is 5.99. The summed E-state index contributed by atoms with van der Waals surface area (Å²) in [6.45, 7) is 2.50. The molecule has 2 N–H and O–H groups in total. The van der Waals surface area contributed by atoms with Crippen molar-refractivity contribution >= 4 is 5.91 Å². The first kappa shape index (κ1) is 13.0. The zero-order valence-electron chi connectivity index (χ0n) is 10.2. The average Bonchev–Trinajstić information content (AvgIpc) is 2.33. The highest BCUT2D eigenvalue weighted by Gasteiger charge is 2.24. The lowest BCUT2D eigenvalue weighted by molar-refractivity contribution is 0.0704. The Balaban J connectivity index is 2.25. The number of carbonyl (C=O) groups is 1. The highest BCUT2D eigenvalue weighted by atomic mass is 19.1. The first-order chi connectivity index (χ1) is 8.49. The number of carbonyl (C=O) groups excluding carboxylic acids is 1. The van der Waals surface area contributed by atoms with Gasteiger partial charge in [-0.1, -0.05) is 0 Å². The molecule has 1 atom stereocenters. The SMILES string of the molecule is Cc1cc(C(=O)N2CCCC(N)C2)c(F)cc1F. The molecule has 18 heavy (non-hydrogen) atoms. The van der Waals surface area contributed by atoms with Gasteiger partial charge in [0, 0.05) is 25.2 Å². The second-order valence-electron chi connectivity index (χ2n) is 4.73. The second kappa shape index (κ2) is 5.02. The van der Waals surface area contributed by atoms with Gasteiger partial charge in [-0.25, -0.2) is 8.78 Å². The molecule has 1 unspecified atom stereocenters. The number of nitrogens with zero attached hydrogens (tertiary/aromatic N) is 1. The summed E-state index contributed by atoms with van der Waals surface area (Å²) in [4.78, 5) is 13.7. The van der Waals surface area contributed by atoms with Crippen molar-refractivity contribution in [2.75, 3.05) is 13.1 Å². The van der Waals surface area contributed by atoms with Gasteiger partial charge in [-0.05, 0) is 31.4 Å². The molecule has 5 heteroatoms.